The number of hydrogen-bond donors (Lipinski definition) is 2. The Balaban J connectivity index is 4.02. The first-order valence-electron chi connectivity index (χ1n) is 32.0. The third-order valence-corrected chi connectivity index (χ3v) is 13.9. The number of nitrogens with two attached hydrogens (primary N) is 1. The van der Waals surface area contributed by atoms with Gasteiger partial charge in [-0.2, -0.15) is 0 Å². The number of ether oxygens (including phenoxy) is 2. The van der Waals surface area contributed by atoms with Gasteiger partial charge in [-0.25, -0.2) is 4.57 Å². The maximum atomic E-state index is 12.7. The van der Waals surface area contributed by atoms with Gasteiger partial charge in [-0.3, -0.25) is 18.6 Å². The van der Waals surface area contributed by atoms with Crippen molar-refractivity contribution < 1.29 is 37.6 Å². The molecule has 0 fully saturated rings. The predicted octanol–water partition coefficient (Wildman–Crippen LogP) is 20.8. The van der Waals surface area contributed by atoms with Crippen molar-refractivity contribution in [1.29, 1.82) is 0 Å². The van der Waals surface area contributed by atoms with Crippen LogP contribution in [0.4, 0.5) is 0 Å². The molecule has 81 heavy (non-hydrogen) atoms. The summed E-state index contributed by atoms with van der Waals surface area (Å²) < 4.78 is 33.1. The number of phosphoric ester groups is 1. The zero-order chi connectivity index (χ0) is 58.7. The van der Waals surface area contributed by atoms with Gasteiger partial charge in [0.2, 0.25) is 0 Å². The van der Waals surface area contributed by atoms with Crippen molar-refractivity contribution in [2.75, 3.05) is 26.4 Å². The van der Waals surface area contributed by atoms with Crippen LogP contribution >= 0.6 is 7.82 Å². The Bertz CT molecular complexity index is 1880. The Kier molecular flexibility index (Phi) is 61.3. The molecule has 9 nitrogen and oxygen atoms in total. The molecule has 0 amide bonds. The van der Waals surface area contributed by atoms with E-state index >= 15 is 0 Å². The van der Waals surface area contributed by atoms with E-state index in [0.29, 0.717) is 6.42 Å². The van der Waals surface area contributed by atoms with Gasteiger partial charge in [-0.15, -0.1) is 0 Å². The van der Waals surface area contributed by atoms with E-state index in [1.54, 1.807) is 0 Å². The number of hydrogen-bond acceptors (Lipinski definition) is 8. The normalized spacial score (nSPS) is 14.1. The van der Waals surface area contributed by atoms with E-state index in [4.69, 9.17) is 24.3 Å². The fraction of sp³-hybridized carbons (Fsp3) is 0.606. The first-order valence-corrected chi connectivity index (χ1v) is 33.5. The molecule has 0 heterocycles. The lowest BCUT2D eigenvalue weighted by Crippen LogP contribution is -2.29. The monoisotopic (exact) mass is 1140 g/mol. The highest BCUT2D eigenvalue weighted by molar-refractivity contribution is 7.47. The largest absolute Gasteiger partial charge is 0.472 e. The number of phosphoric acid groups is 1. The van der Waals surface area contributed by atoms with Crippen LogP contribution in [0.3, 0.4) is 0 Å². The molecular weight excluding hydrogens is 1030 g/mol. The predicted molar refractivity (Wildman–Crippen MR) is 348 cm³/mol. The van der Waals surface area contributed by atoms with E-state index in [1.807, 2.05) is 0 Å². The summed E-state index contributed by atoms with van der Waals surface area (Å²) in [7, 11) is -4.41. The molecule has 0 aliphatic carbocycles. The number of allylic oxidation sites excluding steroid dienone is 26. The van der Waals surface area contributed by atoms with E-state index in [9.17, 15) is 19.0 Å². The van der Waals surface area contributed by atoms with Crippen LogP contribution in [0.5, 0.6) is 0 Å². The molecule has 0 saturated heterocycles. The molecule has 0 spiro atoms. The van der Waals surface area contributed by atoms with Gasteiger partial charge in [0.15, 0.2) is 6.10 Å². The molecule has 3 N–H and O–H groups in total. The van der Waals surface area contributed by atoms with Crippen LogP contribution in [0.15, 0.2) is 158 Å². The van der Waals surface area contributed by atoms with Gasteiger partial charge in [0.25, 0.3) is 0 Å². The van der Waals surface area contributed by atoms with Crippen molar-refractivity contribution in [2.45, 2.75) is 251 Å². The smallest absolute Gasteiger partial charge is 0.462 e. The highest BCUT2D eigenvalue weighted by Crippen LogP contribution is 2.43. The highest BCUT2D eigenvalue weighted by Gasteiger charge is 2.26. The summed E-state index contributed by atoms with van der Waals surface area (Å²) in [4.78, 5) is 35.3. The van der Waals surface area contributed by atoms with Gasteiger partial charge < -0.3 is 20.1 Å². The molecule has 0 aromatic rings. The molecule has 0 bridgehead atoms. The van der Waals surface area contributed by atoms with E-state index in [-0.39, 0.29) is 32.6 Å². The molecule has 0 aromatic carbocycles. The average Bonchev–Trinajstić information content (AvgIpc) is 3.46. The van der Waals surface area contributed by atoms with Crippen molar-refractivity contribution >= 4 is 19.8 Å². The van der Waals surface area contributed by atoms with Gasteiger partial charge in [-0.05, 0) is 122 Å². The SMILES string of the molecule is CC/C=C\C/C=C\C/C=C\C/C=C\C/C=C\C/C=C\C/C=C\C/C=C\CCCCCCCCCCC(=O)OC(COC(=O)CCCCCCCCCCCCC/C=C\C/C=C\C/C=C\C/C=C\C/C=C\CC)COP(=O)(O)OCCN. The van der Waals surface area contributed by atoms with Gasteiger partial charge in [-0.1, -0.05) is 268 Å². The maximum absolute atomic E-state index is 12.7. The number of unbranched alkanes of at least 4 members (excludes halogenated alkanes) is 19. The molecule has 0 aliphatic heterocycles. The summed E-state index contributed by atoms with van der Waals surface area (Å²) >= 11 is 0. The second-order valence-corrected chi connectivity index (χ2v) is 22.0. The zero-order valence-corrected chi connectivity index (χ0v) is 52.1. The minimum Gasteiger partial charge on any atom is -0.462 e. The summed E-state index contributed by atoms with van der Waals surface area (Å²) in [6.07, 6.45) is 94.4. The lowest BCUT2D eigenvalue weighted by molar-refractivity contribution is -0.161. The van der Waals surface area contributed by atoms with Gasteiger partial charge >= 0.3 is 19.8 Å². The Morgan fingerprint density at radius 2 is 0.642 bits per heavy atom. The second-order valence-electron chi connectivity index (χ2n) is 20.5. The number of rotatable bonds is 58. The topological polar surface area (TPSA) is 134 Å². The van der Waals surface area contributed by atoms with Crippen LogP contribution in [0.1, 0.15) is 245 Å². The van der Waals surface area contributed by atoms with Crippen molar-refractivity contribution in [3.05, 3.63) is 158 Å². The van der Waals surface area contributed by atoms with Crippen LogP contribution in [0.2, 0.25) is 0 Å². The van der Waals surface area contributed by atoms with E-state index in [2.05, 4.69) is 172 Å². The summed E-state index contributed by atoms with van der Waals surface area (Å²) in [5, 5.41) is 0. The van der Waals surface area contributed by atoms with Gasteiger partial charge in [0.1, 0.15) is 6.61 Å². The van der Waals surface area contributed by atoms with Crippen LogP contribution in [-0.2, 0) is 32.7 Å². The number of esters is 2. The van der Waals surface area contributed by atoms with Crippen LogP contribution < -0.4 is 5.73 Å². The third kappa shape index (κ3) is 64.7. The van der Waals surface area contributed by atoms with E-state index in [1.165, 1.54) is 70.6 Å². The van der Waals surface area contributed by atoms with Gasteiger partial charge in [0, 0.05) is 19.4 Å². The molecule has 458 valence electrons. The Morgan fingerprint density at radius 1 is 0.370 bits per heavy atom. The maximum Gasteiger partial charge on any atom is 0.472 e. The van der Waals surface area contributed by atoms with Crippen molar-refractivity contribution in [3.63, 3.8) is 0 Å². The summed E-state index contributed by atoms with van der Waals surface area (Å²) in [6.45, 7) is 3.49. The minimum atomic E-state index is -4.41. The quantitative estimate of drug-likeness (QED) is 0.0264. The van der Waals surface area contributed by atoms with Crippen LogP contribution in [0, 0.1) is 0 Å². The summed E-state index contributed by atoms with van der Waals surface area (Å²) in [6, 6.07) is 0. The van der Waals surface area contributed by atoms with Crippen molar-refractivity contribution in [1.82, 2.24) is 0 Å². The van der Waals surface area contributed by atoms with E-state index in [0.717, 1.165) is 141 Å². The summed E-state index contributed by atoms with van der Waals surface area (Å²) in [5.74, 6) is -0.849. The molecule has 2 atom stereocenters. The van der Waals surface area contributed by atoms with E-state index < -0.39 is 32.5 Å². The molecule has 10 heteroatoms. The highest BCUT2D eigenvalue weighted by atomic mass is 31.2. The molecule has 0 aromatic heterocycles. The fourth-order valence-electron chi connectivity index (χ4n) is 8.27. The molecule has 0 aliphatic rings. The molecule has 0 saturated carbocycles. The third-order valence-electron chi connectivity index (χ3n) is 12.9. The summed E-state index contributed by atoms with van der Waals surface area (Å²) in [5.41, 5.74) is 5.39. The number of carbonyl (C=O) groups is 2. The average molecular weight is 1140 g/mol. The van der Waals surface area contributed by atoms with Crippen molar-refractivity contribution in [3.8, 4) is 0 Å². The molecule has 2 unspecified atom stereocenters. The first-order chi connectivity index (χ1) is 39.8. The zero-order valence-electron chi connectivity index (χ0n) is 51.2. The fourth-order valence-corrected chi connectivity index (χ4v) is 9.03. The van der Waals surface area contributed by atoms with Crippen molar-refractivity contribution in [2.24, 2.45) is 5.73 Å². The molecular formula is C71H116NO8P. The second kappa shape index (κ2) is 64.8. The Morgan fingerprint density at radius 3 is 0.951 bits per heavy atom. The molecule has 0 rings (SSSR count). The van der Waals surface area contributed by atoms with Gasteiger partial charge in [0.05, 0.1) is 13.2 Å². The standard InChI is InChI=1S/C71H116NO8P/c1-3-5-7-9-11-13-15-17-19-21-23-25-27-29-31-32-33-34-35-36-38-40-42-44-46-48-50-52-54-56-58-60-62-64-71(74)80-69(68-79-81(75,76)78-66-65-72)67-77-70(73)63-61-59-57-55-53-51-49-47-45-43-41-39-37-30-28-26-24-22-20-18-16-14-12-10-8-6-4-2/h5-8,11-14,17-20,23-26,29-31,33-34,36-38,42,44,69H,3-4,9-10,15-16,21-22,27-28,32,35,39-41,43,45-68,72H2,1-2H3,(H,75,76)/b7-5-,8-6-,13-11-,14-12-,19-17-,20-18-,25-23-,26-24-,31-29-,34-33-,37-30-,38-36-,44-42-. The minimum absolute atomic E-state index is 0.0434. The Hall–Kier alpha value is -4.37. The first kappa shape index (κ1) is 76.6. The van der Waals surface area contributed by atoms with Crippen LogP contribution in [0.25, 0.3) is 0 Å². The van der Waals surface area contributed by atoms with Crippen LogP contribution in [-0.4, -0.2) is 49.3 Å². The lowest BCUT2D eigenvalue weighted by Gasteiger charge is -2.19. The molecule has 0 radical (unpaired) electrons. The lowest BCUT2D eigenvalue weighted by atomic mass is 10.0. The number of carbonyl (C=O) groups excluding carboxylic acids is 2. The Labute approximate surface area is 496 Å².